The van der Waals surface area contributed by atoms with Crippen LogP contribution in [0.4, 0.5) is 0 Å². The minimum atomic E-state index is 0.613. The van der Waals surface area contributed by atoms with E-state index in [2.05, 4.69) is 36.5 Å². The van der Waals surface area contributed by atoms with Crippen molar-refractivity contribution >= 4 is 37.7 Å². The van der Waals surface area contributed by atoms with E-state index >= 15 is 0 Å². The maximum Gasteiger partial charge on any atom is 0.0992 e. The van der Waals surface area contributed by atoms with Crippen LogP contribution >= 0.6 is 15.9 Å². The molecule has 4 aromatic rings. The van der Waals surface area contributed by atoms with E-state index < -0.39 is 0 Å². The predicted molar refractivity (Wildman–Crippen MR) is 88.8 cm³/mol. The lowest BCUT2D eigenvalue weighted by atomic mass is 10.2. The standard InChI is InChI=1S/C17H9BrN4/c18-12-5-11(8-19)6-13(7-12)22-16-1-3-20-9-14(16)15-10-21-4-2-17(15)22/h1-7,9-10H. The Kier molecular flexibility index (Phi) is 2.91. The Morgan fingerprint density at radius 1 is 0.955 bits per heavy atom. The first-order valence-corrected chi connectivity index (χ1v) is 7.46. The maximum absolute atomic E-state index is 9.21. The molecule has 0 N–H and O–H groups in total. The number of benzene rings is 1. The fourth-order valence-corrected chi connectivity index (χ4v) is 3.24. The second-order valence-electron chi connectivity index (χ2n) is 4.93. The molecular formula is C17H9BrN4. The molecule has 0 bridgehead atoms. The molecule has 0 aliphatic rings. The number of fused-ring (bicyclic) bond motifs is 3. The van der Waals surface area contributed by atoms with Gasteiger partial charge >= 0.3 is 0 Å². The molecular weight excluding hydrogens is 340 g/mol. The third-order valence-electron chi connectivity index (χ3n) is 3.64. The SMILES string of the molecule is N#Cc1cc(Br)cc(-n2c3ccncc3c3cnccc32)c1. The van der Waals surface area contributed by atoms with Crippen LogP contribution in [-0.2, 0) is 0 Å². The summed E-state index contributed by atoms with van der Waals surface area (Å²) in [5.74, 6) is 0. The van der Waals surface area contributed by atoms with E-state index in [0.29, 0.717) is 5.56 Å². The van der Waals surface area contributed by atoms with Gasteiger partial charge in [0, 0.05) is 45.7 Å². The van der Waals surface area contributed by atoms with E-state index in [4.69, 9.17) is 0 Å². The molecule has 4 rings (SSSR count). The van der Waals surface area contributed by atoms with Gasteiger partial charge in [0.25, 0.3) is 0 Å². The van der Waals surface area contributed by atoms with Crippen LogP contribution in [0.15, 0.2) is 59.6 Å². The molecule has 22 heavy (non-hydrogen) atoms. The zero-order chi connectivity index (χ0) is 15.1. The normalized spacial score (nSPS) is 10.9. The third kappa shape index (κ3) is 1.89. The van der Waals surface area contributed by atoms with Gasteiger partial charge in [-0.2, -0.15) is 5.26 Å². The molecule has 0 saturated heterocycles. The van der Waals surface area contributed by atoms with E-state index in [0.717, 1.165) is 32.0 Å². The summed E-state index contributed by atoms with van der Waals surface area (Å²) in [5.41, 5.74) is 3.63. The summed E-state index contributed by atoms with van der Waals surface area (Å²) in [7, 11) is 0. The van der Waals surface area contributed by atoms with Crippen LogP contribution in [0, 0.1) is 11.3 Å². The Hall–Kier alpha value is -2.71. The van der Waals surface area contributed by atoms with E-state index in [1.807, 2.05) is 36.7 Å². The van der Waals surface area contributed by atoms with Gasteiger partial charge in [-0.3, -0.25) is 9.97 Å². The molecule has 0 amide bonds. The average molecular weight is 349 g/mol. The second kappa shape index (κ2) is 4.93. The summed E-state index contributed by atoms with van der Waals surface area (Å²) in [4.78, 5) is 8.44. The molecule has 0 aliphatic carbocycles. The highest BCUT2D eigenvalue weighted by molar-refractivity contribution is 9.10. The van der Waals surface area contributed by atoms with Crippen molar-refractivity contribution in [2.45, 2.75) is 0 Å². The number of aromatic nitrogens is 3. The Labute approximate surface area is 134 Å². The smallest absolute Gasteiger partial charge is 0.0992 e. The van der Waals surface area contributed by atoms with E-state index in [9.17, 15) is 5.26 Å². The van der Waals surface area contributed by atoms with Gasteiger partial charge in [-0.1, -0.05) is 15.9 Å². The molecule has 0 atom stereocenters. The van der Waals surface area contributed by atoms with Crippen LogP contribution in [0.3, 0.4) is 0 Å². The summed E-state index contributed by atoms with van der Waals surface area (Å²) >= 11 is 3.48. The van der Waals surface area contributed by atoms with Gasteiger partial charge in [-0.05, 0) is 30.3 Å². The lowest BCUT2D eigenvalue weighted by Gasteiger charge is -2.08. The minimum Gasteiger partial charge on any atom is -0.309 e. The summed E-state index contributed by atoms with van der Waals surface area (Å²) in [6, 6.07) is 11.8. The Balaban J connectivity index is 2.18. The molecule has 0 radical (unpaired) electrons. The molecule has 1 aromatic carbocycles. The number of halogens is 1. The van der Waals surface area contributed by atoms with Gasteiger partial charge in [-0.25, -0.2) is 0 Å². The van der Waals surface area contributed by atoms with Crippen molar-refractivity contribution in [1.82, 2.24) is 14.5 Å². The summed E-state index contributed by atoms with van der Waals surface area (Å²) < 4.78 is 3.00. The van der Waals surface area contributed by atoms with Crippen LogP contribution in [0.2, 0.25) is 0 Å². The van der Waals surface area contributed by atoms with Crippen molar-refractivity contribution in [3.8, 4) is 11.8 Å². The van der Waals surface area contributed by atoms with Gasteiger partial charge in [0.15, 0.2) is 0 Å². The lowest BCUT2D eigenvalue weighted by molar-refractivity contribution is 1.16. The predicted octanol–water partition coefficient (Wildman–Crippen LogP) is 4.21. The quantitative estimate of drug-likeness (QED) is 0.517. The molecule has 0 saturated carbocycles. The molecule has 0 fully saturated rings. The van der Waals surface area contributed by atoms with E-state index in [1.165, 1.54) is 0 Å². The summed E-state index contributed by atoms with van der Waals surface area (Å²) in [6.07, 6.45) is 7.24. The lowest BCUT2D eigenvalue weighted by Crippen LogP contribution is -1.95. The minimum absolute atomic E-state index is 0.613. The largest absolute Gasteiger partial charge is 0.309 e. The zero-order valence-electron chi connectivity index (χ0n) is 11.4. The van der Waals surface area contributed by atoms with Crippen LogP contribution in [0.5, 0.6) is 0 Å². The van der Waals surface area contributed by atoms with E-state index in [-0.39, 0.29) is 0 Å². The van der Waals surface area contributed by atoms with Gasteiger partial charge < -0.3 is 4.57 Å². The van der Waals surface area contributed by atoms with E-state index in [1.54, 1.807) is 18.5 Å². The van der Waals surface area contributed by atoms with Crippen molar-refractivity contribution in [1.29, 1.82) is 5.26 Å². The highest BCUT2D eigenvalue weighted by Crippen LogP contribution is 2.31. The number of hydrogen-bond acceptors (Lipinski definition) is 3. The molecule has 104 valence electrons. The number of nitrogens with zero attached hydrogens (tertiary/aromatic N) is 4. The fourth-order valence-electron chi connectivity index (χ4n) is 2.75. The van der Waals surface area contributed by atoms with Gasteiger partial charge in [0.2, 0.25) is 0 Å². The van der Waals surface area contributed by atoms with Gasteiger partial charge in [-0.15, -0.1) is 0 Å². The van der Waals surface area contributed by atoms with Crippen molar-refractivity contribution in [3.05, 3.63) is 65.2 Å². The zero-order valence-corrected chi connectivity index (χ0v) is 12.9. The Bertz CT molecular complexity index is 1010. The number of pyridine rings is 2. The molecule has 0 aliphatic heterocycles. The first-order chi connectivity index (χ1) is 10.8. The van der Waals surface area contributed by atoms with Crippen molar-refractivity contribution < 1.29 is 0 Å². The fraction of sp³-hybridized carbons (Fsp3) is 0. The summed E-state index contributed by atoms with van der Waals surface area (Å²) in [5, 5.41) is 11.3. The molecule has 0 unspecified atom stereocenters. The van der Waals surface area contributed by atoms with Crippen molar-refractivity contribution in [3.63, 3.8) is 0 Å². The highest BCUT2D eigenvalue weighted by Gasteiger charge is 2.12. The first-order valence-electron chi connectivity index (χ1n) is 6.67. The van der Waals surface area contributed by atoms with Crippen LogP contribution in [0.1, 0.15) is 5.56 Å². The van der Waals surface area contributed by atoms with Crippen LogP contribution < -0.4 is 0 Å². The topological polar surface area (TPSA) is 54.5 Å². The Morgan fingerprint density at radius 3 is 2.18 bits per heavy atom. The van der Waals surface area contributed by atoms with Crippen molar-refractivity contribution in [2.75, 3.05) is 0 Å². The summed E-state index contributed by atoms with van der Waals surface area (Å²) in [6.45, 7) is 0. The third-order valence-corrected chi connectivity index (χ3v) is 4.10. The molecule has 0 spiro atoms. The molecule has 3 aromatic heterocycles. The maximum atomic E-state index is 9.21. The number of rotatable bonds is 1. The van der Waals surface area contributed by atoms with Crippen molar-refractivity contribution in [2.24, 2.45) is 0 Å². The average Bonchev–Trinajstić information content (AvgIpc) is 2.89. The second-order valence-corrected chi connectivity index (χ2v) is 5.85. The number of nitriles is 1. The highest BCUT2D eigenvalue weighted by atomic mass is 79.9. The molecule has 3 heterocycles. The first kappa shape index (κ1) is 13.0. The van der Waals surface area contributed by atoms with Gasteiger partial charge in [0.05, 0.1) is 22.7 Å². The molecule has 4 nitrogen and oxygen atoms in total. The number of hydrogen-bond donors (Lipinski definition) is 0. The molecule has 5 heteroatoms. The van der Waals surface area contributed by atoms with Crippen LogP contribution in [-0.4, -0.2) is 14.5 Å². The van der Waals surface area contributed by atoms with Crippen LogP contribution in [0.25, 0.3) is 27.5 Å². The monoisotopic (exact) mass is 348 g/mol. The Morgan fingerprint density at radius 2 is 1.59 bits per heavy atom. The van der Waals surface area contributed by atoms with Gasteiger partial charge in [0.1, 0.15) is 0 Å².